The number of aromatic nitrogens is 1. The average Bonchev–Trinajstić information content (AvgIpc) is 2.73. The summed E-state index contributed by atoms with van der Waals surface area (Å²) in [5.74, 6) is 0. The molecule has 0 saturated carbocycles. The Morgan fingerprint density at radius 3 is 2.21 bits per heavy atom. The molecule has 176 valence electrons. The lowest BCUT2D eigenvalue weighted by Crippen LogP contribution is -2.37. The van der Waals surface area contributed by atoms with Crippen molar-refractivity contribution in [2.75, 3.05) is 0 Å². The number of alkyl halides is 3. The lowest BCUT2D eigenvalue weighted by Gasteiger charge is -2.16. The first kappa shape index (κ1) is 25.2. The van der Waals surface area contributed by atoms with E-state index in [0.717, 1.165) is 0 Å². The molecule has 0 aliphatic carbocycles. The van der Waals surface area contributed by atoms with Crippen LogP contribution in [0.4, 0.5) is 13.2 Å². The Morgan fingerprint density at radius 1 is 0.970 bits per heavy atom. The SMILES string of the molecule is CC(NS(=O)(=O)C(F)(F)F)c1ccc(Cc2cccnc2S(=O)(=O)c2ccccc2Cl)cc1. The fourth-order valence-electron chi connectivity index (χ4n) is 3.08. The van der Waals surface area contributed by atoms with Gasteiger partial charge in [0.25, 0.3) is 0 Å². The van der Waals surface area contributed by atoms with E-state index >= 15 is 0 Å². The molecule has 1 aromatic heterocycles. The first-order valence-corrected chi connectivity index (χ1v) is 12.8. The highest BCUT2D eigenvalue weighted by Crippen LogP contribution is 2.29. The fourth-order valence-corrected chi connectivity index (χ4v) is 5.73. The third kappa shape index (κ3) is 5.55. The van der Waals surface area contributed by atoms with Crippen molar-refractivity contribution in [1.29, 1.82) is 0 Å². The topological polar surface area (TPSA) is 93.2 Å². The van der Waals surface area contributed by atoms with Crippen LogP contribution < -0.4 is 4.72 Å². The van der Waals surface area contributed by atoms with Crippen molar-refractivity contribution in [3.05, 3.63) is 88.6 Å². The van der Waals surface area contributed by atoms with Crippen molar-refractivity contribution in [3.8, 4) is 0 Å². The van der Waals surface area contributed by atoms with Crippen LogP contribution in [0.15, 0.2) is 76.8 Å². The van der Waals surface area contributed by atoms with Crippen LogP contribution in [0.1, 0.15) is 29.7 Å². The summed E-state index contributed by atoms with van der Waals surface area (Å²) in [6, 6.07) is 14.2. The Labute approximate surface area is 194 Å². The lowest BCUT2D eigenvalue weighted by molar-refractivity contribution is -0.0450. The molecule has 0 aliphatic heterocycles. The van der Waals surface area contributed by atoms with E-state index in [0.29, 0.717) is 16.7 Å². The van der Waals surface area contributed by atoms with E-state index in [1.54, 1.807) is 41.1 Å². The zero-order valence-electron chi connectivity index (χ0n) is 17.0. The maximum atomic E-state index is 13.1. The number of nitrogens with one attached hydrogen (secondary N) is 1. The van der Waals surface area contributed by atoms with E-state index in [1.807, 2.05) is 0 Å². The average molecular weight is 519 g/mol. The minimum Gasteiger partial charge on any atom is -0.244 e. The molecule has 0 fully saturated rings. The van der Waals surface area contributed by atoms with Crippen LogP contribution in [-0.4, -0.2) is 27.3 Å². The zero-order chi connectivity index (χ0) is 24.4. The number of hydrogen-bond donors (Lipinski definition) is 1. The predicted octanol–water partition coefficient (Wildman–Crippen LogP) is 4.66. The first-order chi connectivity index (χ1) is 15.3. The Kier molecular flexibility index (Phi) is 7.18. The molecule has 1 unspecified atom stereocenters. The quantitative estimate of drug-likeness (QED) is 0.491. The van der Waals surface area contributed by atoms with Gasteiger partial charge in [0, 0.05) is 18.7 Å². The number of benzene rings is 2. The molecule has 1 heterocycles. The highest BCUT2D eigenvalue weighted by Gasteiger charge is 2.46. The van der Waals surface area contributed by atoms with Crippen LogP contribution in [0.2, 0.25) is 5.02 Å². The number of halogens is 4. The summed E-state index contributed by atoms with van der Waals surface area (Å²) in [4.78, 5) is 3.97. The molecule has 0 amide bonds. The van der Waals surface area contributed by atoms with Gasteiger partial charge in [-0.3, -0.25) is 0 Å². The predicted molar refractivity (Wildman–Crippen MR) is 117 cm³/mol. The first-order valence-electron chi connectivity index (χ1n) is 9.44. The molecular formula is C21H18ClF3N2O4S2. The van der Waals surface area contributed by atoms with Crippen LogP contribution in [0.25, 0.3) is 0 Å². The van der Waals surface area contributed by atoms with Crippen molar-refractivity contribution in [2.45, 2.75) is 34.8 Å². The van der Waals surface area contributed by atoms with Gasteiger partial charge in [0.1, 0.15) is 0 Å². The number of rotatable bonds is 7. The van der Waals surface area contributed by atoms with Gasteiger partial charge in [-0.2, -0.15) is 13.2 Å². The summed E-state index contributed by atoms with van der Waals surface area (Å²) in [5.41, 5.74) is -4.06. The number of sulfonamides is 1. The van der Waals surface area contributed by atoms with Crippen molar-refractivity contribution >= 4 is 31.5 Å². The number of nitrogens with zero attached hydrogens (tertiary/aromatic N) is 1. The molecule has 0 radical (unpaired) electrons. The van der Waals surface area contributed by atoms with E-state index in [9.17, 15) is 30.0 Å². The molecule has 0 spiro atoms. The maximum absolute atomic E-state index is 13.1. The second-order valence-electron chi connectivity index (χ2n) is 7.11. The van der Waals surface area contributed by atoms with E-state index in [-0.39, 0.29) is 21.4 Å². The summed E-state index contributed by atoms with van der Waals surface area (Å²) in [7, 11) is -9.49. The Balaban J connectivity index is 1.86. The van der Waals surface area contributed by atoms with Gasteiger partial charge in [-0.15, -0.1) is 0 Å². The van der Waals surface area contributed by atoms with Crippen molar-refractivity contribution in [1.82, 2.24) is 9.71 Å². The van der Waals surface area contributed by atoms with Crippen LogP contribution >= 0.6 is 11.6 Å². The van der Waals surface area contributed by atoms with Gasteiger partial charge in [0.2, 0.25) is 9.84 Å². The van der Waals surface area contributed by atoms with Gasteiger partial charge in [-0.1, -0.05) is 54.1 Å². The molecule has 1 N–H and O–H groups in total. The minimum absolute atomic E-state index is 0.0637. The molecule has 6 nitrogen and oxygen atoms in total. The second-order valence-corrected chi connectivity index (χ2v) is 11.1. The third-order valence-corrected chi connectivity index (χ3v) is 8.27. The lowest BCUT2D eigenvalue weighted by atomic mass is 10.0. The normalized spacial score (nSPS) is 13.6. The largest absolute Gasteiger partial charge is 0.511 e. The standard InChI is InChI=1S/C21H18ClF3N2O4S2/c1-14(27-33(30,31)21(23,24)25)16-10-8-15(9-11-16)13-17-5-4-12-26-20(17)32(28,29)19-7-3-2-6-18(19)22/h2-12,14,27H,13H2,1H3. The second kappa shape index (κ2) is 9.41. The van der Waals surface area contributed by atoms with Crippen LogP contribution in [0.5, 0.6) is 0 Å². The van der Waals surface area contributed by atoms with E-state index in [4.69, 9.17) is 11.6 Å². The zero-order valence-corrected chi connectivity index (χ0v) is 19.4. The Hall–Kier alpha value is -2.47. The molecule has 0 saturated heterocycles. The smallest absolute Gasteiger partial charge is 0.244 e. The third-order valence-electron chi connectivity index (χ3n) is 4.74. The number of hydrogen-bond acceptors (Lipinski definition) is 5. The molecule has 3 rings (SSSR count). The summed E-state index contributed by atoms with van der Waals surface area (Å²) in [6.07, 6.45) is 1.51. The molecule has 3 aromatic rings. The monoisotopic (exact) mass is 518 g/mol. The highest BCUT2D eigenvalue weighted by molar-refractivity contribution is 7.91. The Morgan fingerprint density at radius 2 is 1.61 bits per heavy atom. The van der Waals surface area contributed by atoms with Gasteiger partial charge >= 0.3 is 15.5 Å². The van der Waals surface area contributed by atoms with Gasteiger partial charge in [0.15, 0.2) is 5.03 Å². The highest BCUT2D eigenvalue weighted by atomic mass is 35.5. The van der Waals surface area contributed by atoms with E-state index < -0.39 is 31.4 Å². The molecule has 0 bridgehead atoms. The molecule has 1 atom stereocenters. The molecular weight excluding hydrogens is 501 g/mol. The van der Waals surface area contributed by atoms with Gasteiger partial charge < -0.3 is 0 Å². The van der Waals surface area contributed by atoms with E-state index in [2.05, 4.69) is 4.98 Å². The summed E-state index contributed by atoms with van der Waals surface area (Å²) >= 11 is 6.07. The van der Waals surface area contributed by atoms with E-state index in [1.165, 1.54) is 37.4 Å². The number of sulfone groups is 1. The summed E-state index contributed by atoms with van der Waals surface area (Å²) in [6.45, 7) is 1.29. The van der Waals surface area contributed by atoms with Crippen LogP contribution in [0, 0.1) is 0 Å². The minimum atomic E-state index is -5.49. The Bertz CT molecular complexity index is 1360. The van der Waals surface area contributed by atoms with Crippen molar-refractivity contribution < 1.29 is 30.0 Å². The van der Waals surface area contributed by atoms with Crippen LogP contribution in [-0.2, 0) is 26.3 Å². The van der Waals surface area contributed by atoms with Gasteiger partial charge in [-0.05, 0) is 41.8 Å². The molecule has 2 aromatic carbocycles. The fraction of sp³-hybridized carbons (Fsp3) is 0.190. The van der Waals surface area contributed by atoms with Gasteiger partial charge in [0.05, 0.1) is 9.92 Å². The summed E-state index contributed by atoms with van der Waals surface area (Å²) in [5, 5.41) is -0.0952. The summed E-state index contributed by atoms with van der Waals surface area (Å²) < 4.78 is 88.2. The van der Waals surface area contributed by atoms with Gasteiger partial charge in [-0.25, -0.2) is 26.5 Å². The van der Waals surface area contributed by atoms with Crippen LogP contribution in [0.3, 0.4) is 0 Å². The maximum Gasteiger partial charge on any atom is 0.511 e. The number of pyridine rings is 1. The van der Waals surface area contributed by atoms with Crippen molar-refractivity contribution in [3.63, 3.8) is 0 Å². The molecule has 33 heavy (non-hydrogen) atoms. The molecule has 0 aliphatic rings. The van der Waals surface area contributed by atoms with Crippen molar-refractivity contribution in [2.24, 2.45) is 0 Å². The molecule has 12 heteroatoms.